The van der Waals surface area contributed by atoms with Crippen LogP contribution in [-0.4, -0.2) is 29.3 Å². The highest BCUT2D eigenvalue weighted by molar-refractivity contribution is 6.08. The predicted molar refractivity (Wildman–Crippen MR) is 76.5 cm³/mol. The van der Waals surface area contributed by atoms with Gasteiger partial charge in [0, 0.05) is 36.2 Å². The number of nitrogens with zero attached hydrogens (tertiary/aromatic N) is 2. The highest BCUT2D eigenvalue weighted by atomic mass is 16.1. The maximum absolute atomic E-state index is 12.1. The smallest absolute Gasteiger partial charge is 0.160 e. The van der Waals surface area contributed by atoms with Gasteiger partial charge in [0.15, 0.2) is 5.78 Å². The Morgan fingerprint density at radius 2 is 2.16 bits per heavy atom. The van der Waals surface area contributed by atoms with E-state index < -0.39 is 0 Å². The summed E-state index contributed by atoms with van der Waals surface area (Å²) in [5, 5.41) is 1.00. The first-order valence-corrected chi connectivity index (χ1v) is 6.68. The van der Waals surface area contributed by atoms with Crippen LogP contribution >= 0.6 is 0 Å². The third-order valence-electron chi connectivity index (χ3n) is 3.91. The van der Waals surface area contributed by atoms with Crippen molar-refractivity contribution in [3.63, 3.8) is 0 Å². The Labute approximate surface area is 113 Å². The number of carbonyl (C=O) groups excluding carboxylic acids is 1. The minimum Gasteiger partial charge on any atom is -0.302 e. The van der Waals surface area contributed by atoms with E-state index in [1.54, 1.807) is 6.92 Å². The molecule has 0 fully saturated rings. The van der Waals surface area contributed by atoms with Crippen LogP contribution in [0.15, 0.2) is 18.2 Å². The van der Waals surface area contributed by atoms with Gasteiger partial charge >= 0.3 is 0 Å². The van der Waals surface area contributed by atoms with Crippen LogP contribution in [0.3, 0.4) is 0 Å². The van der Waals surface area contributed by atoms with Gasteiger partial charge in [-0.05, 0) is 32.0 Å². The average molecular weight is 254 g/mol. The maximum Gasteiger partial charge on any atom is 0.160 e. The zero-order chi connectivity index (χ0) is 13.6. The van der Waals surface area contributed by atoms with Crippen LogP contribution < -0.4 is 0 Å². The molecule has 0 saturated heterocycles. The molecule has 1 aliphatic heterocycles. The Hall–Kier alpha value is -1.74. The van der Waals surface area contributed by atoms with Gasteiger partial charge < -0.3 is 4.90 Å². The summed E-state index contributed by atoms with van der Waals surface area (Å²) in [6, 6.07) is 6.08. The maximum atomic E-state index is 12.1. The van der Waals surface area contributed by atoms with Gasteiger partial charge in [-0.15, -0.1) is 0 Å². The molecule has 0 aliphatic carbocycles. The van der Waals surface area contributed by atoms with E-state index in [1.807, 2.05) is 12.1 Å². The van der Waals surface area contributed by atoms with Crippen molar-refractivity contribution in [1.29, 1.82) is 0 Å². The fourth-order valence-electron chi connectivity index (χ4n) is 2.94. The predicted octanol–water partition coefficient (Wildman–Crippen LogP) is 2.73. The van der Waals surface area contributed by atoms with Crippen molar-refractivity contribution in [2.24, 2.45) is 0 Å². The first-order valence-electron chi connectivity index (χ1n) is 6.68. The minimum absolute atomic E-state index is 0.143. The molecular formula is C16H18N2O. The molecule has 3 rings (SSSR count). The van der Waals surface area contributed by atoms with Crippen molar-refractivity contribution in [2.75, 3.05) is 13.6 Å². The van der Waals surface area contributed by atoms with Crippen LogP contribution in [0.1, 0.15) is 34.1 Å². The summed E-state index contributed by atoms with van der Waals surface area (Å²) >= 11 is 0. The van der Waals surface area contributed by atoms with Gasteiger partial charge in [0.25, 0.3) is 0 Å². The van der Waals surface area contributed by atoms with Crippen LogP contribution in [0.4, 0.5) is 0 Å². The lowest BCUT2D eigenvalue weighted by Crippen LogP contribution is -2.29. The second-order valence-electron chi connectivity index (χ2n) is 5.43. The number of likely N-dealkylation sites (N-methyl/N-ethyl adjacent to an activating group) is 1. The molecule has 0 atom stereocenters. The molecule has 0 unspecified atom stereocenters. The number of aryl methyl sites for hydroxylation is 1. The molecular weight excluding hydrogens is 236 g/mol. The number of fused-ring (bicyclic) bond motifs is 2. The van der Waals surface area contributed by atoms with Crippen LogP contribution in [-0.2, 0) is 13.0 Å². The molecule has 3 heteroatoms. The zero-order valence-electron chi connectivity index (χ0n) is 11.7. The third kappa shape index (κ3) is 1.94. The van der Waals surface area contributed by atoms with Gasteiger partial charge in [0.2, 0.25) is 0 Å². The normalized spacial score (nSPS) is 15.5. The molecule has 0 radical (unpaired) electrons. The molecule has 0 saturated carbocycles. The van der Waals surface area contributed by atoms with E-state index >= 15 is 0 Å². The largest absolute Gasteiger partial charge is 0.302 e. The number of para-hydroxylation sites is 1. The van der Waals surface area contributed by atoms with Crippen LogP contribution in [0, 0.1) is 6.92 Å². The summed E-state index contributed by atoms with van der Waals surface area (Å²) in [5.74, 6) is 0.143. The SMILES string of the molecule is CC(=O)c1c2c(nc3c(C)cccc13)CCN(C)C2. The number of Topliss-reactive ketones (excluding diaryl/α,β-unsaturated/α-hetero) is 1. The Bertz CT molecular complexity index is 676. The number of ketones is 1. The van der Waals surface area contributed by atoms with Crippen molar-refractivity contribution < 1.29 is 4.79 Å². The molecule has 0 N–H and O–H groups in total. The van der Waals surface area contributed by atoms with E-state index in [4.69, 9.17) is 4.98 Å². The summed E-state index contributed by atoms with van der Waals surface area (Å²) in [6.07, 6.45) is 0.927. The van der Waals surface area contributed by atoms with E-state index in [2.05, 4.69) is 24.9 Å². The Kier molecular flexibility index (Phi) is 2.86. The topological polar surface area (TPSA) is 33.2 Å². The summed E-state index contributed by atoms with van der Waals surface area (Å²) in [4.78, 5) is 19.2. The fraction of sp³-hybridized carbons (Fsp3) is 0.375. The Morgan fingerprint density at radius 3 is 2.89 bits per heavy atom. The van der Waals surface area contributed by atoms with Gasteiger partial charge in [-0.1, -0.05) is 18.2 Å². The van der Waals surface area contributed by atoms with Crippen LogP contribution in [0.5, 0.6) is 0 Å². The standard InChI is InChI=1S/C16H18N2O/c1-10-5-4-6-12-15(11(2)19)13-9-18(3)8-7-14(13)17-16(10)12/h4-6H,7-9H2,1-3H3. The average Bonchev–Trinajstić information content (AvgIpc) is 2.36. The Balaban J connectivity index is 2.40. The number of rotatable bonds is 1. The van der Waals surface area contributed by atoms with Crippen molar-refractivity contribution in [3.05, 3.63) is 40.6 Å². The van der Waals surface area contributed by atoms with E-state index in [0.29, 0.717) is 0 Å². The lowest BCUT2D eigenvalue weighted by atomic mass is 9.93. The number of benzene rings is 1. The summed E-state index contributed by atoms with van der Waals surface area (Å²) in [7, 11) is 2.09. The van der Waals surface area contributed by atoms with E-state index in [9.17, 15) is 4.79 Å². The molecule has 1 aliphatic rings. The first kappa shape index (κ1) is 12.3. The van der Waals surface area contributed by atoms with E-state index in [0.717, 1.165) is 52.8 Å². The molecule has 98 valence electrons. The van der Waals surface area contributed by atoms with Gasteiger partial charge in [-0.3, -0.25) is 9.78 Å². The van der Waals surface area contributed by atoms with Crippen LogP contribution in [0.25, 0.3) is 10.9 Å². The first-order chi connectivity index (χ1) is 9.08. The molecule has 1 aromatic carbocycles. The van der Waals surface area contributed by atoms with Crippen molar-refractivity contribution in [3.8, 4) is 0 Å². The molecule has 2 heterocycles. The Morgan fingerprint density at radius 1 is 1.37 bits per heavy atom. The number of pyridine rings is 1. The molecule has 1 aromatic heterocycles. The number of carbonyl (C=O) groups is 1. The lowest BCUT2D eigenvalue weighted by molar-refractivity contribution is 0.101. The quantitative estimate of drug-likeness (QED) is 0.734. The van der Waals surface area contributed by atoms with Crippen molar-refractivity contribution in [2.45, 2.75) is 26.8 Å². The minimum atomic E-state index is 0.143. The number of hydrogen-bond acceptors (Lipinski definition) is 3. The monoisotopic (exact) mass is 254 g/mol. The van der Waals surface area contributed by atoms with Crippen molar-refractivity contribution in [1.82, 2.24) is 9.88 Å². The molecule has 2 aromatic rings. The van der Waals surface area contributed by atoms with Crippen molar-refractivity contribution >= 4 is 16.7 Å². The van der Waals surface area contributed by atoms with Gasteiger partial charge in [0.05, 0.1) is 5.52 Å². The van der Waals surface area contributed by atoms with Crippen LogP contribution in [0.2, 0.25) is 0 Å². The summed E-state index contributed by atoms with van der Waals surface area (Å²) in [5.41, 5.74) is 5.22. The molecule has 19 heavy (non-hydrogen) atoms. The number of hydrogen-bond donors (Lipinski definition) is 0. The van der Waals surface area contributed by atoms with E-state index in [1.165, 1.54) is 0 Å². The zero-order valence-corrected chi connectivity index (χ0v) is 11.7. The number of aromatic nitrogens is 1. The highest BCUT2D eigenvalue weighted by Crippen LogP contribution is 2.29. The second kappa shape index (κ2) is 4.42. The second-order valence-corrected chi connectivity index (χ2v) is 5.43. The highest BCUT2D eigenvalue weighted by Gasteiger charge is 2.22. The van der Waals surface area contributed by atoms with E-state index in [-0.39, 0.29) is 5.78 Å². The van der Waals surface area contributed by atoms with Gasteiger partial charge in [0.1, 0.15) is 0 Å². The lowest BCUT2D eigenvalue weighted by Gasteiger charge is -2.26. The fourth-order valence-corrected chi connectivity index (χ4v) is 2.94. The summed E-state index contributed by atoms with van der Waals surface area (Å²) in [6.45, 7) is 5.54. The molecule has 0 spiro atoms. The summed E-state index contributed by atoms with van der Waals surface area (Å²) < 4.78 is 0. The molecule has 0 amide bonds. The van der Waals surface area contributed by atoms with Gasteiger partial charge in [-0.25, -0.2) is 0 Å². The van der Waals surface area contributed by atoms with Gasteiger partial charge in [-0.2, -0.15) is 0 Å². The third-order valence-corrected chi connectivity index (χ3v) is 3.91. The molecule has 3 nitrogen and oxygen atoms in total. The molecule has 0 bridgehead atoms.